The fraction of sp³-hybridized carbons (Fsp3) is 0.600. The van der Waals surface area contributed by atoms with Crippen LogP contribution in [-0.4, -0.2) is 69.5 Å². The van der Waals surface area contributed by atoms with Crippen molar-refractivity contribution in [2.75, 3.05) is 31.6 Å². The first-order valence-electron chi connectivity index (χ1n) is 10.3. The molecule has 0 radical (unpaired) electrons. The number of methoxy groups -OCH3 is 1. The van der Waals surface area contributed by atoms with E-state index in [2.05, 4.69) is 15.3 Å². The minimum atomic E-state index is -0.421. The lowest BCUT2D eigenvalue weighted by atomic mass is 9.98. The quantitative estimate of drug-likeness (QED) is 0.637. The van der Waals surface area contributed by atoms with Crippen molar-refractivity contribution >= 4 is 11.6 Å². The first-order valence-corrected chi connectivity index (χ1v) is 10.3. The van der Waals surface area contributed by atoms with Gasteiger partial charge in [-0.05, 0) is 35.9 Å². The van der Waals surface area contributed by atoms with Gasteiger partial charge in [0.25, 0.3) is 0 Å². The number of hydrogen-bond acceptors (Lipinski definition) is 6. The Balaban J connectivity index is 1.72. The zero-order valence-electron chi connectivity index (χ0n) is 17.7. The fourth-order valence-corrected chi connectivity index (χ4v) is 3.89. The third-order valence-corrected chi connectivity index (χ3v) is 5.55. The summed E-state index contributed by atoms with van der Waals surface area (Å²) in [6.45, 7) is 6.39. The molecular formula is C20H29FN6O3. The van der Waals surface area contributed by atoms with Crippen molar-refractivity contribution in [3.8, 4) is 0 Å². The third kappa shape index (κ3) is 4.59. The molecule has 0 bridgehead atoms. The van der Waals surface area contributed by atoms with E-state index in [9.17, 15) is 14.0 Å². The highest BCUT2D eigenvalue weighted by Crippen LogP contribution is 2.28. The second kappa shape index (κ2) is 9.94. The Morgan fingerprint density at radius 1 is 1.23 bits per heavy atom. The van der Waals surface area contributed by atoms with Crippen LogP contribution in [0.4, 0.5) is 10.1 Å². The van der Waals surface area contributed by atoms with Gasteiger partial charge >= 0.3 is 5.69 Å². The van der Waals surface area contributed by atoms with Gasteiger partial charge in [0.2, 0.25) is 5.91 Å². The van der Waals surface area contributed by atoms with Crippen LogP contribution in [0.2, 0.25) is 0 Å². The molecular weight excluding hydrogens is 391 g/mol. The Kier molecular flexibility index (Phi) is 7.33. The predicted molar refractivity (Wildman–Crippen MR) is 110 cm³/mol. The average Bonchev–Trinajstić information content (AvgIpc) is 3.13. The predicted octanol–water partition coefficient (Wildman–Crippen LogP) is 1.13. The lowest BCUT2D eigenvalue weighted by molar-refractivity contribution is -0.120. The van der Waals surface area contributed by atoms with Crippen LogP contribution < -0.4 is 10.6 Å². The molecule has 1 aliphatic rings. The third-order valence-electron chi connectivity index (χ3n) is 5.55. The van der Waals surface area contributed by atoms with Crippen LogP contribution >= 0.6 is 0 Å². The van der Waals surface area contributed by atoms with Gasteiger partial charge in [0.05, 0.1) is 24.4 Å². The van der Waals surface area contributed by atoms with Gasteiger partial charge < -0.3 is 9.64 Å². The summed E-state index contributed by atoms with van der Waals surface area (Å²) >= 11 is 0. The minimum Gasteiger partial charge on any atom is -0.378 e. The summed E-state index contributed by atoms with van der Waals surface area (Å²) in [6.07, 6.45) is 0.632. The molecule has 0 unspecified atom stereocenters. The Morgan fingerprint density at radius 3 is 2.60 bits per heavy atom. The number of amides is 1. The molecule has 1 aromatic heterocycles. The van der Waals surface area contributed by atoms with Crippen LogP contribution in [0.25, 0.3) is 0 Å². The van der Waals surface area contributed by atoms with Crippen LogP contribution in [0.3, 0.4) is 0 Å². The zero-order valence-corrected chi connectivity index (χ0v) is 17.7. The molecule has 1 amide bonds. The number of tetrazole rings is 1. The molecule has 1 saturated heterocycles. The molecule has 1 aliphatic heterocycles. The van der Waals surface area contributed by atoms with E-state index in [1.165, 1.54) is 15.4 Å². The topological polar surface area (TPSA) is 85.5 Å². The van der Waals surface area contributed by atoms with Gasteiger partial charge in [-0.15, -0.1) is 0 Å². The number of halogens is 1. The van der Waals surface area contributed by atoms with E-state index in [4.69, 9.17) is 4.74 Å². The SMILES string of the molecule is CCC(=O)N(c1ccccc1F)[C@@H]1CCN(CCn2nnn(CC)c2=O)C[C@H]1OC. The lowest BCUT2D eigenvalue weighted by Gasteiger charge is -2.43. The number of ether oxygens (including phenoxy) is 1. The zero-order chi connectivity index (χ0) is 21.7. The molecule has 1 aromatic carbocycles. The number of hydrogen-bond donors (Lipinski definition) is 0. The summed E-state index contributed by atoms with van der Waals surface area (Å²) in [5, 5.41) is 7.73. The monoisotopic (exact) mass is 420 g/mol. The molecule has 164 valence electrons. The van der Waals surface area contributed by atoms with Gasteiger partial charge in [-0.3, -0.25) is 9.69 Å². The molecule has 0 N–H and O–H groups in total. The first kappa shape index (κ1) is 22.1. The van der Waals surface area contributed by atoms with E-state index in [-0.39, 0.29) is 35.9 Å². The summed E-state index contributed by atoms with van der Waals surface area (Å²) in [4.78, 5) is 28.5. The number of aromatic nitrogens is 4. The van der Waals surface area contributed by atoms with Crippen molar-refractivity contribution < 1.29 is 13.9 Å². The second-order valence-electron chi connectivity index (χ2n) is 7.30. The molecule has 0 aliphatic carbocycles. The summed E-state index contributed by atoms with van der Waals surface area (Å²) in [6, 6.07) is 6.07. The van der Waals surface area contributed by atoms with Crippen LogP contribution in [-0.2, 0) is 22.6 Å². The minimum absolute atomic E-state index is 0.136. The Morgan fingerprint density at radius 2 is 1.97 bits per heavy atom. The maximum absolute atomic E-state index is 14.5. The number of piperidine rings is 1. The lowest BCUT2D eigenvalue weighted by Crippen LogP contribution is -2.57. The Labute approximate surface area is 175 Å². The van der Waals surface area contributed by atoms with E-state index in [0.29, 0.717) is 39.1 Å². The number of aryl methyl sites for hydroxylation is 1. The van der Waals surface area contributed by atoms with Crippen molar-refractivity contribution in [1.29, 1.82) is 0 Å². The van der Waals surface area contributed by atoms with E-state index < -0.39 is 5.82 Å². The number of nitrogens with zero attached hydrogens (tertiary/aromatic N) is 6. The van der Waals surface area contributed by atoms with Crippen LogP contribution in [0, 0.1) is 5.82 Å². The number of likely N-dealkylation sites (tertiary alicyclic amines) is 1. The molecule has 2 atom stereocenters. The van der Waals surface area contributed by atoms with E-state index in [0.717, 1.165) is 0 Å². The van der Waals surface area contributed by atoms with Crippen molar-refractivity contribution in [3.63, 3.8) is 0 Å². The van der Waals surface area contributed by atoms with Crippen LogP contribution in [0.5, 0.6) is 0 Å². The number of anilines is 1. The highest BCUT2D eigenvalue weighted by Gasteiger charge is 2.37. The Hall–Kier alpha value is -2.59. The molecule has 10 heteroatoms. The molecule has 30 heavy (non-hydrogen) atoms. The van der Waals surface area contributed by atoms with Gasteiger partial charge in [0.15, 0.2) is 0 Å². The molecule has 9 nitrogen and oxygen atoms in total. The first-order chi connectivity index (χ1) is 14.5. The van der Waals surface area contributed by atoms with Gasteiger partial charge in [-0.2, -0.15) is 9.36 Å². The second-order valence-corrected chi connectivity index (χ2v) is 7.30. The molecule has 2 heterocycles. The van der Waals surface area contributed by atoms with Gasteiger partial charge in [-0.1, -0.05) is 19.1 Å². The van der Waals surface area contributed by atoms with E-state index in [1.54, 1.807) is 37.1 Å². The fourth-order valence-electron chi connectivity index (χ4n) is 3.89. The average molecular weight is 420 g/mol. The van der Waals surface area contributed by atoms with Crippen molar-refractivity contribution in [1.82, 2.24) is 24.7 Å². The van der Waals surface area contributed by atoms with Gasteiger partial charge in [0.1, 0.15) is 5.82 Å². The van der Waals surface area contributed by atoms with Crippen LogP contribution in [0.15, 0.2) is 29.1 Å². The van der Waals surface area contributed by atoms with Crippen molar-refractivity contribution in [2.45, 2.75) is 51.9 Å². The van der Waals surface area contributed by atoms with Crippen molar-refractivity contribution in [3.05, 3.63) is 40.6 Å². The maximum atomic E-state index is 14.5. The summed E-state index contributed by atoms with van der Waals surface area (Å²) in [7, 11) is 1.61. The molecule has 0 spiro atoms. The number of rotatable bonds is 8. The number of para-hydroxylation sites is 1. The van der Waals surface area contributed by atoms with Gasteiger partial charge in [0, 0.05) is 39.7 Å². The highest BCUT2D eigenvalue weighted by atomic mass is 19.1. The normalized spacial score (nSPS) is 19.7. The smallest absolute Gasteiger partial charge is 0.363 e. The standard InChI is InChI=1S/C20H29FN6O3/c1-4-19(28)27(16-9-7-6-8-15(16)21)17-10-11-24(14-18(17)30-3)12-13-26-20(29)25(5-2)22-23-26/h6-9,17-18H,4-5,10-14H2,1-3H3/t17-,18-/m1/s1. The Bertz CT molecular complexity index is 914. The molecule has 3 rings (SSSR count). The van der Waals surface area contributed by atoms with Crippen molar-refractivity contribution in [2.24, 2.45) is 0 Å². The maximum Gasteiger partial charge on any atom is 0.363 e. The summed E-state index contributed by atoms with van der Waals surface area (Å²) in [5.74, 6) is -0.557. The molecule has 0 saturated carbocycles. The number of carbonyl (C=O) groups excluding carboxylic acids is 1. The van der Waals surface area contributed by atoms with E-state index in [1.807, 2.05) is 6.92 Å². The highest BCUT2D eigenvalue weighted by molar-refractivity contribution is 5.94. The van der Waals surface area contributed by atoms with Gasteiger partial charge in [-0.25, -0.2) is 9.18 Å². The largest absolute Gasteiger partial charge is 0.378 e. The van der Waals surface area contributed by atoms with Crippen LogP contribution in [0.1, 0.15) is 26.7 Å². The number of benzene rings is 1. The molecule has 1 fully saturated rings. The number of carbonyl (C=O) groups is 1. The van der Waals surface area contributed by atoms with E-state index >= 15 is 0 Å². The summed E-state index contributed by atoms with van der Waals surface area (Å²) < 4.78 is 22.9. The summed E-state index contributed by atoms with van der Waals surface area (Å²) in [5.41, 5.74) is 0.0579. The molecule has 2 aromatic rings.